The van der Waals surface area contributed by atoms with Gasteiger partial charge in [0, 0.05) is 29.5 Å². The molecular formula is C33H31FN2O7S. The quantitative estimate of drug-likeness (QED) is 0.191. The second-order valence-corrected chi connectivity index (χ2v) is 12.8. The van der Waals surface area contributed by atoms with Crippen molar-refractivity contribution in [1.29, 1.82) is 0 Å². The first kappa shape index (κ1) is 30.6. The first-order valence-corrected chi connectivity index (χ1v) is 15.7. The third kappa shape index (κ3) is 7.00. The molecule has 0 aromatic heterocycles. The molecule has 1 heterocycles. The Morgan fingerprint density at radius 2 is 1.75 bits per heavy atom. The van der Waals surface area contributed by atoms with Gasteiger partial charge in [-0.05, 0) is 84.1 Å². The number of fused-ring (bicyclic) bond motifs is 1. The van der Waals surface area contributed by atoms with Gasteiger partial charge in [0.2, 0.25) is 0 Å². The van der Waals surface area contributed by atoms with Crippen molar-refractivity contribution in [2.75, 3.05) is 23.5 Å². The predicted octanol–water partition coefficient (Wildman–Crippen LogP) is 6.69. The molecule has 228 valence electrons. The van der Waals surface area contributed by atoms with Crippen molar-refractivity contribution in [3.63, 3.8) is 0 Å². The van der Waals surface area contributed by atoms with Gasteiger partial charge in [0.25, 0.3) is 0 Å². The van der Waals surface area contributed by atoms with Crippen molar-refractivity contribution < 1.29 is 37.0 Å². The first-order chi connectivity index (χ1) is 20.9. The Hall–Kier alpha value is -4.90. The Labute approximate surface area is 254 Å². The maximum Gasteiger partial charge on any atom is 0.323 e. The lowest BCUT2D eigenvalue weighted by Gasteiger charge is -2.15. The molecule has 11 heteroatoms. The number of anilines is 2. The summed E-state index contributed by atoms with van der Waals surface area (Å²) in [6.45, 7) is 4.51. The highest BCUT2D eigenvalue weighted by molar-refractivity contribution is 7.90. The van der Waals surface area contributed by atoms with E-state index in [-0.39, 0.29) is 22.9 Å². The van der Waals surface area contributed by atoms with Crippen LogP contribution in [0, 0.1) is 19.7 Å². The number of carbonyl (C=O) groups is 2. The Balaban J connectivity index is 1.25. The van der Waals surface area contributed by atoms with Crippen LogP contribution in [0.25, 0.3) is 11.1 Å². The zero-order valence-electron chi connectivity index (χ0n) is 24.3. The molecule has 0 saturated heterocycles. The number of hydrogen-bond acceptors (Lipinski definition) is 6. The Kier molecular flexibility index (Phi) is 8.59. The molecule has 0 fully saturated rings. The van der Waals surface area contributed by atoms with E-state index >= 15 is 0 Å². The van der Waals surface area contributed by atoms with Crippen LogP contribution in [0.2, 0.25) is 0 Å². The lowest BCUT2D eigenvalue weighted by atomic mass is 9.94. The summed E-state index contributed by atoms with van der Waals surface area (Å²) < 4.78 is 49.4. The van der Waals surface area contributed by atoms with E-state index in [9.17, 15) is 22.4 Å². The van der Waals surface area contributed by atoms with Crippen molar-refractivity contribution in [3.05, 3.63) is 101 Å². The number of urea groups is 1. The molecule has 0 saturated carbocycles. The average Bonchev–Trinajstić information content (AvgIpc) is 3.33. The molecule has 1 aliphatic rings. The van der Waals surface area contributed by atoms with E-state index < -0.39 is 27.7 Å². The van der Waals surface area contributed by atoms with Crippen LogP contribution in [-0.4, -0.2) is 38.4 Å². The maximum absolute atomic E-state index is 14.4. The average molecular weight is 619 g/mol. The van der Waals surface area contributed by atoms with Crippen LogP contribution in [-0.2, 0) is 21.2 Å². The molecule has 0 bridgehead atoms. The summed E-state index contributed by atoms with van der Waals surface area (Å²) >= 11 is 0. The summed E-state index contributed by atoms with van der Waals surface area (Å²) in [7, 11) is -3.58. The monoisotopic (exact) mass is 618 g/mol. The standard InChI is InChI=1S/C33H31FN2O7S/c1-19-11-24(35-33(39)36-29-10-8-26(16-28(29)34)44(3,40)41)12-20(2)32(19)22-6-4-5-21(13-22)17-42-25-7-9-27-23(14-31(37)38)18-43-30(27)15-25/h4-13,15-16,23H,14,17-18H2,1-3H3,(H,37,38)(H2,35,36,39). The van der Waals surface area contributed by atoms with Gasteiger partial charge in [0.05, 0.1) is 23.6 Å². The van der Waals surface area contributed by atoms with Crippen molar-refractivity contribution in [2.45, 2.75) is 37.7 Å². The van der Waals surface area contributed by atoms with Crippen LogP contribution >= 0.6 is 0 Å². The summed E-state index contributed by atoms with van der Waals surface area (Å²) in [5.41, 5.74) is 5.97. The molecule has 0 aliphatic carbocycles. The summed E-state index contributed by atoms with van der Waals surface area (Å²) in [4.78, 5) is 23.5. The van der Waals surface area contributed by atoms with Crippen molar-refractivity contribution in [1.82, 2.24) is 0 Å². The number of carboxylic acid groups (broad SMARTS) is 1. The number of sulfone groups is 1. The predicted molar refractivity (Wildman–Crippen MR) is 165 cm³/mol. The van der Waals surface area contributed by atoms with Crippen molar-refractivity contribution >= 4 is 33.2 Å². The van der Waals surface area contributed by atoms with E-state index in [2.05, 4.69) is 10.6 Å². The van der Waals surface area contributed by atoms with Gasteiger partial charge in [-0.25, -0.2) is 17.6 Å². The van der Waals surface area contributed by atoms with E-state index in [1.807, 2.05) is 62.4 Å². The van der Waals surface area contributed by atoms with Crippen molar-refractivity contribution in [2.24, 2.45) is 0 Å². The van der Waals surface area contributed by atoms with Gasteiger partial charge in [0.15, 0.2) is 9.84 Å². The van der Waals surface area contributed by atoms with Gasteiger partial charge in [-0.1, -0.05) is 24.3 Å². The third-order valence-corrected chi connectivity index (χ3v) is 8.42. The molecule has 5 rings (SSSR count). The van der Waals surface area contributed by atoms with Crippen LogP contribution in [0.3, 0.4) is 0 Å². The van der Waals surface area contributed by atoms with Gasteiger partial charge in [-0.2, -0.15) is 0 Å². The SMILES string of the molecule is Cc1cc(NC(=O)Nc2ccc(S(C)(=O)=O)cc2F)cc(C)c1-c1cccc(COc2ccc3c(c2)OCC3CC(=O)O)c1. The number of aryl methyl sites for hydroxylation is 2. The molecular weight excluding hydrogens is 587 g/mol. The minimum atomic E-state index is -3.58. The van der Waals surface area contributed by atoms with Crippen LogP contribution in [0.1, 0.15) is 34.6 Å². The number of nitrogens with one attached hydrogen (secondary N) is 2. The minimum Gasteiger partial charge on any atom is -0.492 e. The summed E-state index contributed by atoms with van der Waals surface area (Å²) in [5.74, 6) is -0.617. The lowest BCUT2D eigenvalue weighted by Crippen LogP contribution is -2.20. The lowest BCUT2D eigenvalue weighted by molar-refractivity contribution is -0.137. The zero-order chi connectivity index (χ0) is 31.6. The normalized spacial score (nSPS) is 14.0. The second-order valence-electron chi connectivity index (χ2n) is 10.8. The molecule has 44 heavy (non-hydrogen) atoms. The van der Waals surface area contributed by atoms with Gasteiger partial charge in [0.1, 0.15) is 23.9 Å². The zero-order valence-corrected chi connectivity index (χ0v) is 25.1. The minimum absolute atomic E-state index is 0.0203. The molecule has 2 amide bonds. The van der Waals surface area contributed by atoms with E-state index in [1.54, 1.807) is 6.07 Å². The number of benzene rings is 4. The van der Waals surface area contributed by atoms with E-state index in [0.29, 0.717) is 30.4 Å². The second kappa shape index (κ2) is 12.4. The molecule has 0 radical (unpaired) electrons. The fourth-order valence-electron chi connectivity index (χ4n) is 5.31. The first-order valence-electron chi connectivity index (χ1n) is 13.8. The highest BCUT2D eigenvalue weighted by Gasteiger charge is 2.26. The molecule has 1 unspecified atom stereocenters. The number of aliphatic carboxylic acids is 1. The van der Waals surface area contributed by atoms with Gasteiger partial charge in [-0.15, -0.1) is 0 Å². The highest BCUT2D eigenvalue weighted by Crippen LogP contribution is 2.38. The molecule has 3 N–H and O–H groups in total. The van der Waals surface area contributed by atoms with Gasteiger partial charge in [-0.3, -0.25) is 4.79 Å². The van der Waals surface area contributed by atoms with Crippen molar-refractivity contribution in [3.8, 4) is 22.6 Å². The Morgan fingerprint density at radius 1 is 1.00 bits per heavy atom. The maximum atomic E-state index is 14.4. The van der Waals surface area contributed by atoms with Gasteiger partial charge >= 0.3 is 12.0 Å². The van der Waals surface area contributed by atoms with Gasteiger partial charge < -0.3 is 25.2 Å². The number of hydrogen-bond donors (Lipinski definition) is 3. The number of halogens is 1. The highest BCUT2D eigenvalue weighted by atomic mass is 32.2. The fraction of sp³-hybridized carbons (Fsp3) is 0.212. The van der Waals surface area contributed by atoms with Crippen LogP contribution in [0.4, 0.5) is 20.6 Å². The smallest absolute Gasteiger partial charge is 0.323 e. The van der Waals surface area contributed by atoms with E-state index in [4.69, 9.17) is 14.6 Å². The van der Waals surface area contributed by atoms with E-state index in [1.165, 1.54) is 12.1 Å². The van der Waals surface area contributed by atoms with Crippen LogP contribution in [0.5, 0.6) is 11.5 Å². The van der Waals surface area contributed by atoms with Crippen LogP contribution in [0.15, 0.2) is 77.7 Å². The number of carbonyl (C=O) groups excluding carboxylic acids is 1. The third-order valence-electron chi connectivity index (χ3n) is 7.31. The molecule has 1 aliphatic heterocycles. The largest absolute Gasteiger partial charge is 0.492 e. The molecule has 4 aromatic carbocycles. The molecule has 9 nitrogen and oxygen atoms in total. The summed E-state index contributed by atoms with van der Waals surface area (Å²) in [5, 5.41) is 14.2. The Morgan fingerprint density at radius 3 is 2.43 bits per heavy atom. The topological polar surface area (TPSA) is 131 Å². The number of carboxylic acids is 1. The molecule has 1 atom stereocenters. The molecule has 0 spiro atoms. The van der Waals surface area contributed by atoms with E-state index in [0.717, 1.165) is 45.7 Å². The fourth-order valence-corrected chi connectivity index (χ4v) is 5.95. The number of rotatable bonds is 9. The number of ether oxygens (including phenoxy) is 2. The number of amides is 2. The molecule has 4 aromatic rings. The Bertz CT molecular complexity index is 1850. The van der Waals surface area contributed by atoms with Crippen LogP contribution < -0.4 is 20.1 Å². The summed E-state index contributed by atoms with van der Waals surface area (Å²) in [6.07, 6.45) is 1.000. The summed E-state index contributed by atoms with van der Waals surface area (Å²) in [6, 6.07) is 19.7.